The molecule has 3 aliphatic heterocycles. The molecule has 0 bridgehead atoms. The van der Waals surface area contributed by atoms with Gasteiger partial charge in [-0.2, -0.15) is 0 Å². The normalized spacial score (nSPS) is 33.5. The summed E-state index contributed by atoms with van der Waals surface area (Å²) in [5.41, 5.74) is 7.05. The number of nitrogens with zero attached hydrogens (tertiary/aromatic N) is 6. The molecule has 5 heterocycles. The smallest absolute Gasteiger partial charge is 0.167 e. The zero-order valence-corrected chi connectivity index (χ0v) is 16.0. The van der Waals surface area contributed by atoms with Crippen LogP contribution in [0.1, 0.15) is 25.5 Å². The van der Waals surface area contributed by atoms with Gasteiger partial charge in [0.25, 0.3) is 0 Å². The highest BCUT2D eigenvalue weighted by molar-refractivity contribution is 5.81. The number of likely N-dealkylation sites (N-methyl/N-ethyl adjacent to an activating group) is 1. The molecule has 28 heavy (non-hydrogen) atoms. The first kappa shape index (κ1) is 18.2. The molecule has 4 atom stereocenters. The third kappa shape index (κ3) is 2.71. The van der Waals surface area contributed by atoms with Crippen molar-refractivity contribution in [1.82, 2.24) is 29.3 Å². The quantitative estimate of drug-likeness (QED) is 0.618. The van der Waals surface area contributed by atoms with Gasteiger partial charge in [0.05, 0.1) is 6.33 Å². The van der Waals surface area contributed by atoms with Crippen LogP contribution in [0, 0.1) is 0 Å². The van der Waals surface area contributed by atoms with Crippen molar-refractivity contribution in [3.05, 3.63) is 12.7 Å². The van der Waals surface area contributed by atoms with Crippen LogP contribution in [0.15, 0.2) is 12.7 Å². The monoisotopic (exact) mass is 389 g/mol. The van der Waals surface area contributed by atoms with Crippen LogP contribution in [0.25, 0.3) is 11.2 Å². The number of aliphatic hydroxyl groups excluding tert-OH is 2. The fourth-order valence-corrected chi connectivity index (χ4v) is 4.97. The van der Waals surface area contributed by atoms with Gasteiger partial charge in [-0.05, 0) is 26.4 Å². The zero-order valence-electron chi connectivity index (χ0n) is 16.0. The van der Waals surface area contributed by atoms with Crippen molar-refractivity contribution in [3.8, 4) is 0 Å². The van der Waals surface area contributed by atoms with Crippen molar-refractivity contribution < 1.29 is 14.9 Å². The van der Waals surface area contributed by atoms with Crippen molar-refractivity contribution >= 4 is 17.0 Å². The molecule has 10 heteroatoms. The molecule has 1 spiro atoms. The molecule has 0 radical (unpaired) electrons. The average Bonchev–Trinajstić information content (AvgIpc) is 3.19. The lowest BCUT2D eigenvalue weighted by atomic mass is 9.80. The maximum absolute atomic E-state index is 10.6. The summed E-state index contributed by atoms with van der Waals surface area (Å²) in [4.78, 5) is 17.1. The number of rotatable bonds is 3. The number of aliphatic hydroxyl groups is 2. The minimum atomic E-state index is -1.06. The number of anilines is 1. The van der Waals surface area contributed by atoms with Gasteiger partial charge in [-0.3, -0.25) is 14.4 Å². The first-order chi connectivity index (χ1) is 13.5. The summed E-state index contributed by atoms with van der Waals surface area (Å²) in [6, 6.07) is 0. The summed E-state index contributed by atoms with van der Waals surface area (Å²) in [6.45, 7) is 3.70. The maximum Gasteiger partial charge on any atom is 0.167 e. The van der Waals surface area contributed by atoms with E-state index >= 15 is 0 Å². The van der Waals surface area contributed by atoms with E-state index < -0.39 is 24.5 Å². The van der Waals surface area contributed by atoms with Gasteiger partial charge in [0, 0.05) is 25.2 Å². The van der Waals surface area contributed by atoms with Crippen LogP contribution in [0.2, 0.25) is 0 Å². The lowest BCUT2D eigenvalue weighted by Gasteiger charge is -2.57. The van der Waals surface area contributed by atoms with Gasteiger partial charge >= 0.3 is 0 Å². The van der Waals surface area contributed by atoms with Gasteiger partial charge in [0.1, 0.15) is 30.2 Å². The van der Waals surface area contributed by atoms with E-state index in [2.05, 4.69) is 31.8 Å². The second-order valence-corrected chi connectivity index (χ2v) is 8.40. The standard InChI is InChI=1S/C18H27N7O3/c1-23-5-3-2-4-18(23)7-24(8-18)6-11-13(26)14(27)17(28-11)25-10-22-12-15(19)20-9-21-16(12)25/h9-11,13-14,17,26-27H,2-8H2,1H3,(H2,19,20,21)/t11-,13-,14-,17-/m1/s1. The predicted octanol–water partition coefficient (Wildman–Crippen LogP) is -0.802. The summed E-state index contributed by atoms with van der Waals surface area (Å²) in [7, 11) is 2.20. The predicted molar refractivity (Wildman–Crippen MR) is 101 cm³/mol. The van der Waals surface area contributed by atoms with Crippen LogP contribution in [0.4, 0.5) is 5.82 Å². The molecule has 10 nitrogen and oxygen atoms in total. The number of aromatic nitrogens is 4. The number of ether oxygens (including phenoxy) is 1. The first-order valence-electron chi connectivity index (χ1n) is 9.87. The van der Waals surface area contributed by atoms with E-state index in [1.807, 2.05) is 0 Å². The summed E-state index contributed by atoms with van der Waals surface area (Å²) in [5.74, 6) is 0.274. The first-order valence-corrected chi connectivity index (χ1v) is 9.87. The molecule has 4 N–H and O–H groups in total. The molecule has 0 unspecified atom stereocenters. The Kier molecular flexibility index (Phi) is 4.29. The second-order valence-electron chi connectivity index (χ2n) is 8.40. The van der Waals surface area contributed by atoms with E-state index in [-0.39, 0.29) is 11.4 Å². The van der Waals surface area contributed by atoms with Crippen molar-refractivity contribution in [2.45, 2.75) is 49.3 Å². The highest BCUT2D eigenvalue weighted by atomic mass is 16.6. The Bertz CT molecular complexity index is 868. The van der Waals surface area contributed by atoms with Crippen molar-refractivity contribution in [2.24, 2.45) is 0 Å². The fraction of sp³-hybridized carbons (Fsp3) is 0.722. The Morgan fingerprint density at radius 2 is 2.04 bits per heavy atom. The van der Waals surface area contributed by atoms with Crippen molar-refractivity contribution in [2.75, 3.05) is 39.0 Å². The lowest BCUT2D eigenvalue weighted by molar-refractivity contribution is -0.0998. The van der Waals surface area contributed by atoms with Crippen LogP contribution in [0.5, 0.6) is 0 Å². The fourth-order valence-electron chi connectivity index (χ4n) is 4.97. The Morgan fingerprint density at radius 3 is 2.82 bits per heavy atom. The number of likely N-dealkylation sites (tertiary alicyclic amines) is 2. The molecule has 3 saturated heterocycles. The Balaban J connectivity index is 1.29. The number of nitrogen functional groups attached to an aromatic ring is 1. The van der Waals surface area contributed by atoms with E-state index in [0.29, 0.717) is 17.7 Å². The molecule has 2 aromatic heterocycles. The van der Waals surface area contributed by atoms with Gasteiger partial charge in [-0.15, -0.1) is 0 Å². The topological polar surface area (TPSA) is 126 Å². The highest BCUT2D eigenvalue weighted by Crippen LogP contribution is 2.38. The SMILES string of the molecule is CN1CCCCC12CN(C[C@H]1O[C@@H](n3cnc4c(N)ncnc43)[C@H](O)[C@@H]1O)C2. The van der Waals surface area contributed by atoms with Crippen molar-refractivity contribution in [1.29, 1.82) is 0 Å². The maximum atomic E-state index is 10.6. The van der Waals surface area contributed by atoms with E-state index in [9.17, 15) is 10.2 Å². The Morgan fingerprint density at radius 1 is 1.21 bits per heavy atom. The van der Waals surface area contributed by atoms with Crippen LogP contribution < -0.4 is 5.73 Å². The molecule has 3 fully saturated rings. The van der Waals surface area contributed by atoms with Crippen LogP contribution in [-0.4, -0.2) is 96.6 Å². The lowest BCUT2D eigenvalue weighted by Crippen LogP contribution is -2.71. The second kappa shape index (κ2) is 6.60. The van der Waals surface area contributed by atoms with Gasteiger partial charge in [0.2, 0.25) is 0 Å². The summed E-state index contributed by atoms with van der Waals surface area (Å²) < 4.78 is 7.67. The Hall–Kier alpha value is -1.85. The average molecular weight is 389 g/mol. The van der Waals surface area contributed by atoms with Crippen LogP contribution in [0.3, 0.4) is 0 Å². The van der Waals surface area contributed by atoms with E-state index in [0.717, 1.165) is 19.6 Å². The minimum absolute atomic E-state index is 0.273. The van der Waals surface area contributed by atoms with Gasteiger partial charge < -0.3 is 20.7 Å². The van der Waals surface area contributed by atoms with Crippen LogP contribution >= 0.6 is 0 Å². The van der Waals surface area contributed by atoms with E-state index in [4.69, 9.17) is 10.5 Å². The number of imidazole rings is 1. The summed E-state index contributed by atoms with van der Waals surface area (Å²) >= 11 is 0. The molecule has 0 amide bonds. The largest absolute Gasteiger partial charge is 0.387 e. The molecule has 5 rings (SSSR count). The van der Waals surface area contributed by atoms with Gasteiger partial charge in [0.15, 0.2) is 17.7 Å². The number of hydrogen-bond acceptors (Lipinski definition) is 9. The number of hydrogen-bond donors (Lipinski definition) is 3. The van der Waals surface area contributed by atoms with E-state index in [1.165, 1.54) is 31.9 Å². The number of piperidine rings is 1. The highest BCUT2D eigenvalue weighted by Gasteiger charge is 2.50. The number of fused-ring (bicyclic) bond motifs is 1. The summed E-state index contributed by atoms with van der Waals surface area (Å²) in [6.07, 6.45) is 3.38. The summed E-state index contributed by atoms with van der Waals surface area (Å²) in [5, 5.41) is 21.2. The van der Waals surface area contributed by atoms with Gasteiger partial charge in [-0.25, -0.2) is 15.0 Å². The molecule has 0 saturated carbocycles. The molecule has 2 aromatic rings. The molecule has 0 aromatic carbocycles. The third-order valence-corrected chi connectivity index (χ3v) is 6.67. The number of nitrogens with two attached hydrogens (primary N) is 1. The molecule has 152 valence electrons. The molecular formula is C18H27N7O3. The van der Waals surface area contributed by atoms with Gasteiger partial charge in [-0.1, -0.05) is 6.42 Å². The molecule has 3 aliphatic rings. The molecule has 0 aliphatic carbocycles. The molecular weight excluding hydrogens is 362 g/mol. The van der Waals surface area contributed by atoms with Crippen molar-refractivity contribution in [3.63, 3.8) is 0 Å². The minimum Gasteiger partial charge on any atom is -0.387 e. The Labute approximate surface area is 162 Å². The van der Waals surface area contributed by atoms with Crippen LogP contribution in [-0.2, 0) is 4.74 Å². The third-order valence-electron chi connectivity index (χ3n) is 6.67. The van der Waals surface area contributed by atoms with E-state index in [1.54, 1.807) is 4.57 Å². The zero-order chi connectivity index (χ0) is 19.5.